The number of hydrogen-bond donors (Lipinski definition) is 1. The number of ether oxygens (including phenoxy) is 1. The second-order valence-corrected chi connectivity index (χ2v) is 6.91. The molecule has 0 bridgehead atoms. The Hall–Kier alpha value is -3.65. The molecule has 0 saturated carbocycles. The third-order valence-electron chi connectivity index (χ3n) is 4.16. The van der Waals surface area contributed by atoms with Crippen LogP contribution in [0.15, 0.2) is 97.7 Å². The molecule has 1 heterocycles. The molecule has 8 heteroatoms. The summed E-state index contributed by atoms with van der Waals surface area (Å²) >= 11 is 3.41. The third-order valence-corrected chi connectivity index (χ3v) is 4.78. The lowest BCUT2D eigenvalue weighted by Gasteiger charge is -2.12. The molecule has 0 radical (unpaired) electrons. The molecule has 0 aliphatic heterocycles. The Morgan fingerprint density at radius 1 is 0.724 bits per heavy atom. The smallest absolute Gasteiger partial charge is 0.345 e. The van der Waals surface area contributed by atoms with Crippen LogP contribution in [-0.4, -0.2) is 14.1 Å². The number of halogens is 1. The molecule has 29 heavy (non-hydrogen) atoms. The Morgan fingerprint density at radius 3 is 1.93 bits per heavy atom. The number of rotatable bonds is 4. The van der Waals surface area contributed by atoms with E-state index in [1.165, 1.54) is 0 Å². The highest BCUT2D eigenvalue weighted by molar-refractivity contribution is 9.10. The molecule has 0 saturated heterocycles. The van der Waals surface area contributed by atoms with Crippen LogP contribution in [0.25, 0.3) is 11.4 Å². The minimum absolute atomic E-state index is 0.285. The molecular weight excluding hydrogens is 438 g/mol. The van der Waals surface area contributed by atoms with E-state index in [2.05, 4.69) is 20.9 Å². The first kappa shape index (κ1) is 18.7. The summed E-state index contributed by atoms with van der Waals surface area (Å²) in [7, 11) is 0. The van der Waals surface area contributed by atoms with Crippen molar-refractivity contribution in [3.63, 3.8) is 0 Å². The third kappa shape index (κ3) is 3.70. The molecule has 0 atom stereocenters. The molecular formula is C21H14BrN3O4. The van der Waals surface area contributed by atoms with Crippen LogP contribution in [0.3, 0.4) is 0 Å². The lowest BCUT2D eigenvalue weighted by atomic mass is 10.3. The number of H-pyrrole nitrogens is 1. The van der Waals surface area contributed by atoms with Crippen LogP contribution in [0.4, 0.5) is 0 Å². The highest BCUT2D eigenvalue weighted by Gasteiger charge is 2.14. The Morgan fingerprint density at radius 2 is 1.31 bits per heavy atom. The van der Waals surface area contributed by atoms with Crippen LogP contribution >= 0.6 is 15.9 Å². The zero-order valence-electron chi connectivity index (χ0n) is 14.9. The van der Waals surface area contributed by atoms with Gasteiger partial charge in [-0.05, 0) is 58.4 Å². The average molecular weight is 452 g/mol. The van der Waals surface area contributed by atoms with Gasteiger partial charge in [0.1, 0.15) is 11.5 Å². The van der Waals surface area contributed by atoms with Gasteiger partial charge in [0.05, 0.1) is 15.8 Å². The number of nitrogens with zero attached hydrogens (tertiary/aromatic N) is 2. The number of hydrogen-bond acceptors (Lipinski definition) is 4. The normalized spacial score (nSPS) is 10.7. The summed E-state index contributed by atoms with van der Waals surface area (Å²) in [5, 5.41) is 0. The molecule has 0 spiro atoms. The Kier molecular flexibility index (Phi) is 5.01. The van der Waals surface area contributed by atoms with Crippen LogP contribution in [-0.2, 0) is 0 Å². The summed E-state index contributed by atoms with van der Waals surface area (Å²) < 4.78 is 8.14. The van der Waals surface area contributed by atoms with E-state index in [4.69, 9.17) is 4.74 Å². The van der Waals surface area contributed by atoms with E-state index < -0.39 is 17.1 Å². The van der Waals surface area contributed by atoms with Crippen molar-refractivity contribution in [2.45, 2.75) is 0 Å². The van der Waals surface area contributed by atoms with Crippen molar-refractivity contribution in [1.82, 2.24) is 14.1 Å². The standard InChI is InChI=1S/C21H14BrN3O4/c22-17-13-15(11-12-18(17)29-16-9-5-2-6-10-16)25-20(27)23-19(26)24(21(25)28)14-7-3-1-4-8-14/h1-13H,(H,23,26,27). The van der Waals surface area contributed by atoms with Gasteiger partial charge in [0, 0.05) is 0 Å². The summed E-state index contributed by atoms with van der Waals surface area (Å²) in [6.07, 6.45) is 0. The molecule has 4 rings (SSSR count). The van der Waals surface area contributed by atoms with E-state index in [1.807, 2.05) is 30.3 Å². The molecule has 7 nitrogen and oxygen atoms in total. The van der Waals surface area contributed by atoms with E-state index in [0.29, 0.717) is 21.7 Å². The van der Waals surface area contributed by atoms with E-state index in [9.17, 15) is 14.4 Å². The second kappa shape index (κ2) is 7.76. The van der Waals surface area contributed by atoms with Gasteiger partial charge < -0.3 is 4.74 Å². The average Bonchev–Trinajstić information content (AvgIpc) is 2.71. The van der Waals surface area contributed by atoms with Gasteiger partial charge in [-0.3, -0.25) is 4.98 Å². The number of para-hydroxylation sites is 2. The predicted molar refractivity (Wildman–Crippen MR) is 112 cm³/mol. The predicted octanol–water partition coefficient (Wildman–Crippen LogP) is 3.23. The van der Waals surface area contributed by atoms with Gasteiger partial charge in [0.2, 0.25) is 0 Å². The van der Waals surface area contributed by atoms with Crippen LogP contribution in [0.2, 0.25) is 0 Å². The Balaban J connectivity index is 1.81. The van der Waals surface area contributed by atoms with Crippen LogP contribution < -0.4 is 21.8 Å². The molecule has 0 fully saturated rings. The molecule has 4 aromatic rings. The number of nitrogens with one attached hydrogen (secondary N) is 1. The summed E-state index contributed by atoms with van der Waals surface area (Å²) in [4.78, 5) is 39.8. The fourth-order valence-electron chi connectivity index (χ4n) is 2.84. The summed E-state index contributed by atoms with van der Waals surface area (Å²) in [6.45, 7) is 0. The highest BCUT2D eigenvalue weighted by Crippen LogP contribution is 2.30. The maximum Gasteiger partial charge on any atom is 0.345 e. The quantitative estimate of drug-likeness (QED) is 0.515. The molecule has 0 aliphatic rings. The fraction of sp³-hybridized carbons (Fsp3) is 0. The van der Waals surface area contributed by atoms with Gasteiger partial charge >= 0.3 is 17.1 Å². The largest absolute Gasteiger partial charge is 0.456 e. The van der Waals surface area contributed by atoms with Gasteiger partial charge in [-0.25, -0.2) is 23.5 Å². The fourth-order valence-corrected chi connectivity index (χ4v) is 3.28. The Bertz CT molecular complexity index is 1340. The van der Waals surface area contributed by atoms with Gasteiger partial charge in [-0.1, -0.05) is 36.4 Å². The monoisotopic (exact) mass is 451 g/mol. The summed E-state index contributed by atoms with van der Waals surface area (Å²) in [5.41, 5.74) is -1.75. The van der Waals surface area contributed by atoms with Crippen molar-refractivity contribution in [1.29, 1.82) is 0 Å². The zero-order chi connectivity index (χ0) is 20.4. The van der Waals surface area contributed by atoms with Crippen molar-refractivity contribution in [3.8, 4) is 22.9 Å². The van der Waals surface area contributed by atoms with Gasteiger partial charge in [0.15, 0.2) is 0 Å². The van der Waals surface area contributed by atoms with Crippen molar-refractivity contribution < 1.29 is 4.74 Å². The van der Waals surface area contributed by atoms with Crippen molar-refractivity contribution in [2.24, 2.45) is 0 Å². The maximum atomic E-state index is 13.0. The molecule has 0 aliphatic carbocycles. The van der Waals surface area contributed by atoms with Crippen LogP contribution in [0.5, 0.6) is 11.5 Å². The molecule has 3 aromatic carbocycles. The van der Waals surface area contributed by atoms with E-state index in [-0.39, 0.29) is 5.69 Å². The Labute approximate surface area is 172 Å². The number of aromatic nitrogens is 3. The summed E-state index contributed by atoms with van der Waals surface area (Å²) in [5.74, 6) is 1.16. The minimum Gasteiger partial charge on any atom is -0.456 e. The first-order valence-corrected chi connectivity index (χ1v) is 9.40. The second-order valence-electron chi connectivity index (χ2n) is 6.05. The molecule has 1 N–H and O–H groups in total. The number of benzene rings is 3. The van der Waals surface area contributed by atoms with E-state index in [0.717, 1.165) is 9.13 Å². The maximum absolute atomic E-state index is 13.0. The topological polar surface area (TPSA) is 86.1 Å². The first-order chi connectivity index (χ1) is 14.0. The van der Waals surface area contributed by atoms with Crippen LogP contribution in [0.1, 0.15) is 0 Å². The van der Waals surface area contributed by atoms with Crippen molar-refractivity contribution >= 4 is 15.9 Å². The SMILES string of the molecule is O=c1[nH]c(=O)n(-c2ccc(Oc3ccccc3)c(Br)c2)c(=O)n1-c1ccccc1. The first-order valence-electron chi connectivity index (χ1n) is 8.61. The lowest BCUT2D eigenvalue weighted by Crippen LogP contribution is -2.48. The van der Waals surface area contributed by atoms with Crippen molar-refractivity contribution in [3.05, 3.63) is 115 Å². The van der Waals surface area contributed by atoms with E-state index >= 15 is 0 Å². The molecule has 1 aromatic heterocycles. The number of aromatic amines is 1. The molecule has 144 valence electrons. The highest BCUT2D eigenvalue weighted by atomic mass is 79.9. The minimum atomic E-state index is -0.823. The van der Waals surface area contributed by atoms with Gasteiger partial charge in [-0.15, -0.1) is 0 Å². The van der Waals surface area contributed by atoms with Crippen molar-refractivity contribution in [2.75, 3.05) is 0 Å². The zero-order valence-corrected chi connectivity index (χ0v) is 16.5. The van der Waals surface area contributed by atoms with Gasteiger partial charge in [-0.2, -0.15) is 0 Å². The lowest BCUT2D eigenvalue weighted by molar-refractivity contribution is 0.479. The van der Waals surface area contributed by atoms with E-state index in [1.54, 1.807) is 48.5 Å². The van der Waals surface area contributed by atoms with Gasteiger partial charge in [0.25, 0.3) is 0 Å². The summed E-state index contributed by atoms with van der Waals surface area (Å²) in [6, 6.07) is 22.4. The molecule has 0 unspecified atom stereocenters. The van der Waals surface area contributed by atoms with Crippen LogP contribution in [0, 0.1) is 0 Å². The molecule has 0 amide bonds.